The smallest absolute Gasteiger partial charge is 0.267 e. The molecule has 0 atom stereocenters. The third-order valence-electron chi connectivity index (χ3n) is 5.01. The molecule has 0 aliphatic carbocycles. The van der Waals surface area contributed by atoms with Crippen LogP contribution in [0.15, 0.2) is 59.7 Å². The van der Waals surface area contributed by atoms with Crippen LogP contribution in [0.3, 0.4) is 0 Å². The second-order valence-corrected chi connectivity index (χ2v) is 8.02. The Bertz CT molecular complexity index is 1270. The van der Waals surface area contributed by atoms with Crippen LogP contribution in [-0.4, -0.2) is 33.3 Å². The average molecular weight is 431 g/mol. The van der Waals surface area contributed by atoms with Crippen molar-refractivity contribution < 1.29 is 14.0 Å². The highest BCUT2D eigenvalue weighted by molar-refractivity contribution is 7.17. The maximum atomic E-state index is 12.9. The van der Waals surface area contributed by atoms with Gasteiger partial charge in [-0.1, -0.05) is 0 Å². The van der Waals surface area contributed by atoms with E-state index in [0.29, 0.717) is 39.2 Å². The zero-order valence-electron chi connectivity index (χ0n) is 16.5. The van der Waals surface area contributed by atoms with Crippen LogP contribution in [-0.2, 0) is 6.42 Å². The Kier molecular flexibility index (Phi) is 4.79. The molecule has 9 heteroatoms. The van der Waals surface area contributed by atoms with E-state index in [1.807, 2.05) is 12.1 Å². The summed E-state index contributed by atoms with van der Waals surface area (Å²) in [6.45, 7) is 2.38. The number of fused-ring (bicyclic) bond motifs is 1. The quantitative estimate of drug-likeness (QED) is 0.525. The van der Waals surface area contributed by atoms with Crippen LogP contribution in [0.4, 0.5) is 11.4 Å². The molecule has 154 valence electrons. The first-order valence-electron chi connectivity index (χ1n) is 9.63. The Labute approximate surface area is 181 Å². The second-order valence-electron chi connectivity index (χ2n) is 7.02. The zero-order chi connectivity index (χ0) is 21.4. The molecule has 1 N–H and O–H groups in total. The molecule has 1 aliphatic heterocycles. The first-order chi connectivity index (χ1) is 15.1. The van der Waals surface area contributed by atoms with Gasteiger partial charge < -0.3 is 14.6 Å². The molecule has 0 saturated carbocycles. The molecular weight excluding hydrogens is 414 g/mol. The number of hydrogen-bond donors (Lipinski definition) is 1. The average Bonchev–Trinajstić information content (AvgIpc) is 3.53. The summed E-state index contributed by atoms with van der Waals surface area (Å²) in [4.78, 5) is 40.6. The van der Waals surface area contributed by atoms with Gasteiger partial charge in [0.05, 0.1) is 17.5 Å². The summed E-state index contributed by atoms with van der Waals surface area (Å²) >= 11 is 1.26. The lowest BCUT2D eigenvalue weighted by molar-refractivity contribution is 0.0987. The van der Waals surface area contributed by atoms with Crippen LogP contribution in [0.2, 0.25) is 0 Å². The predicted octanol–water partition coefficient (Wildman–Crippen LogP) is 3.96. The highest BCUT2D eigenvalue weighted by atomic mass is 32.1. The van der Waals surface area contributed by atoms with Gasteiger partial charge in [0.1, 0.15) is 11.1 Å². The summed E-state index contributed by atoms with van der Waals surface area (Å²) in [6, 6.07) is 8.96. The van der Waals surface area contributed by atoms with Gasteiger partial charge in [-0.3, -0.25) is 9.59 Å². The van der Waals surface area contributed by atoms with Gasteiger partial charge in [0.2, 0.25) is 0 Å². The molecule has 8 nitrogen and oxygen atoms in total. The molecule has 0 bridgehead atoms. The Morgan fingerprint density at radius 3 is 2.81 bits per heavy atom. The lowest BCUT2D eigenvalue weighted by Gasteiger charge is -2.16. The van der Waals surface area contributed by atoms with Crippen LogP contribution >= 0.6 is 11.3 Å². The van der Waals surface area contributed by atoms with Gasteiger partial charge in [-0.25, -0.2) is 15.0 Å². The lowest BCUT2D eigenvalue weighted by Crippen LogP contribution is -2.28. The molecule has 0 fully saturated rings. The summed E-state index contributed by atoms with van der Waals surface area (Å²) in [6.07, 6.45) is 6.94. The van der Waals surface area contributed by atoms with Crippen LogP contribution in [0.5, 0.6) is 0 Å². The van der Waals surface area contributed by atoms with E-state index in [4.69, 9.17) is 4.42 Å². The Balaban J connectivity index is 1.34. The third-order valence-corrected chi connectivity index (χ3v) is 6.16. The van der Waals surface area contributed by atoms with Gasteiger partial charge in [0.15, 0.2) is 10.8 Å². The highest BCUT2D eigenvalue weighted by Crippen LogP contribution is 2.32. The van der Waals surface area contributed by atoms with Crippen molar-refractivity contribution >= 4 is 34.5 Å². The van der Waals surface area contributed by atoms with Crippen molar-refractivity contribution in [3.05, 3.63) is 76.9 Å². The topological polar surface area (TPSA) is 101 Å². The Morgan fingerprint density at radius 2 is 2.03 bits per heavy atom. The molecule has 31 heavy (non-hydrogen) atoms. The fourth-order valence-electron chi connectivity index (χ4n) is 3.53. The van der Waals surface area contributed by atoms with Crippen molar-refractivity contribution in [3.63, 3.8) is 0 Å². The number of nitrogens with zero attached hydrogens (tertiary/aromatic N) is 4. The van der Waals surface area contributed by atoms with Gasteiger partial charge in [-0.15, -0.1) is 11.3 Å². The van der Waals surface area contributed by atoms with Crippen LogP contribution in [0, 0.1) is 6.92 Å². The molecule has 5 rings (SSSR count). The minimum atomic E-state index is -0.235. The van der Waals surface area contributed by atoms with Crippen LogP contribution in [0.1, 0.15) is 31.3 Å². The Morgan fingerprint density at radius 1 is 1.19 bits per heavy atom. The molecular formula is C22H17N5O3S. The van der Waals surface area contributed by atoms with Gasteiger partial charge >= 0.3 is 0 Å². The number of aryl methyl sites for hydroxylation is 1. The predicted molar refractivity (Wildman–Crippen MR) is 116 cm³/mol. The fourth-order valence-corrected chi connectivity index (χ4v) is 4.44. The van der Waals surface area contributed by atoms with Crippen molar-refractivity contribution in [1.82, 2.24) is 15.0 Å². The number of carbonyl (C=O) groups is 2. The number of amides is 2. The third kappa shape index (κ3) is 3.59. The number of hydrogen-bond acceptors (Lipinski definition) is 7. The maximum absolute atomic E-state index is 12.9. The summed E-state index contributed by atoms with van der Waals surface area (Å²) in [5, 5.41) is 3.54. The van der Waals surface area contributed by atoms with Gasteiger partial charge in [-0.2, -0.15) is 0 Å². The number of rotatable bonds is 4. The van der Waals surface area contributed by atoms with Crippen molar-refractivity contribution in [3.8, 4) is 10.8 Å². The van der Waals surface area contributed by atoms with Crippen molar-refractivity contribution in [2.24, 2.45) is 0 Å². The summed E-state index contributed by atoms with van der Waals surface area (Å²) < 4.78 is 5.02. The highest BCUT2D eigenvalue weighted by Gasteiger charge is 2.26. The molecule has 2 amide bonds. The van der Waals surface area contributed by atoms with Gasteiger partial charge in [0.25, 0.3) is 11.8 Å². The number of benzene rings is 1. The van der Waals surface area contributed by atoms with Crippen LogP contribution in [0.25, 0.3) is 10.8 Å². The van der Waals surface area contributed by atoms with Crippen LogP contribution < -0.4 is 10.2 Å². The Hall–Kier alpha value is -3.85. The number of aromatic nitrogens is 3. The van der Waals surface area contributed by atoms with Gasteiger partial charge in [0, 0.05) is 30.3 Å². The molecule has 0 spiro atoms. The molecule has 1 aliphatic rings. The minimum absolute atomic E-state index is 0.0970. The van der Waals surface area contributed by atoms with E-state index in [2.05, 4.69) is 20.3 Å². The zero-order valence-corrected chi connectivity index (χ0v) is 17.3. The number of carbonyl (C=O) groups excluding carboxylic acids is 2. The summed E-state index contributed by atoms with van der Waals surface area (Å²) in [5.41, 5.74) is 3.68. The van der Waals surface area contributed by atoms with E-state index in [-0.39, 0.29) is 11.8 Å². The molecule has 4 heterocycles. The number of nitrogens with one attached hydrogen (secondary N) is 1. The minimum Gasteiger partial charge on any atom is -0.472 e. The van der Waals surface area contributed by atoms with E-state index in [0.717, 1.165) is 17.7 Å². The van der Waals surface area contributed by atoms with Crippen molar-refractivity contribution in [1.29, 1.82) is 0 Å². The first-order valence-corrected chi connectivity index (χ1v) is 10.4. The maximum Gasteiger partial charge on any atom is 0.267 e. The number of anilines is 2. The summed E-state index contributed by atoms with van der Waals surface area (Å²) in [7, 11) is 0. The van der Waals surface area contributed by atoms with Gasteiger partial charge in [-0.05, 0) is 49.2 Å². The number of thiazole rings is 1. The standard InChI is InChI=1S/C22H17N5O3S/c1-13-18(31-21(25-13)19-23-7-2-8-24-19)20(28)26-16-3-4-17-14(11-16)5-9-27(17)22(29)15-6-10-30-12-15/h2-4,6-8,10-12H,5,9H2,1H3,(H,26,28). The largest absolute Gasteiger partial charge is 0.472 e. The van der Waals surface area contributed by atoms with E-state index < -0.39 is 0 Å². The molecule has 0 saturated heterocycles. The number of furan rings is 1. The molecule has 4 aromatic rings. The fraction of sp³-hybridized carbons (Fsp3) is 0.136. The van der Waals surface area contributed by atoms with E-state index in [9.17, 15) is 9.59 Å². The van der Waals surface area contributed by atoms with E-state index >= 15 is 0 Å². The summed E-state index contributed by atoms with van der Waals surface area (Å²) in [5.74, 6) is 0.163. The SMILES string of the molecule is Cc1nc(-c2ncccn2)sc1C(=O)Nc1ccc2c(c1)CCN2C(=O)c1ccoc1. The first kappa shape index (κ1) is 19.1. The molecule has 0 radical (unpaired) electrons. The molecule has 0 unspecified atom stereocenters. The monoisotopic (exact) mass is 431 g/mol. The van der Waals surface area contributed by atoms with E-state index in [1.165, 1.54) is 23.9 Å². The lowest BCUT2D eigenvalue weighted by atomic mass is 10.1. The molecule has 1 aromatic carbocycles. The second kappa shape index (κ2) is 7.77. The van der Waals surface area contributed by atoms with Crippen molar-refractivity contribution in [2.75, 3.05) is 16.8 Å². The van der Waals surface area contributed by atoms with E-state index in [1.54, 1.807) is 42.4 Å². The van der Waals surface area contributed by atoms with Crippen molar-refractivity contribution in [2.45, 2.75) is 13.3 Å². The molecule has 3 aromatic heterocycles. The normalized spacial score (nSPS) is 12.6.